The van der Waals surface area contributed by atoms with Crippen molar-refractivity contribution in [3.8, 4) is 5.75 Å². The molecule has 0 atom stereocenters. The minimum absolute atomic E-state index is 0.0121. The van der Waals surface area contributed by atoms with Crippen molar-refractivity contribution in [1.82, 2.24) is 20.1 Å². The van der Waals surface area contributed by atoms with Gasteiger partial charge in [-0.15, -0.1) is 10.2 Å². The Hall–Kier alpha value is -3.90. The molecule has 4 N–H and O–H groups in total. The molecule has 0 bridgehead atoms. The lowest BCUT2D eigenvalue weighted by molar-refractivity contribution is -0.137. The van der Waals surface area contributed by atoms with Crippen molar-refractivity contribution in [3.63, 3.8) is 0 Å². The zero-order chi connectivity index (χ0) is 24.9. The Kier molecular flexibility index (Phi) is 7.32. The molecule has 0 aliphatic carbocycles. The average Bonchev–Trinajstić information content (AvgIpc) is 2.83. The van der Waals surface area contributed by atoms with E-state index in [9.17, 15) is 13.6 Å². The normalized spacial score (nSPS) is 13.4. The number of hydrogen-bond acceptors (Lipinski definition) is 9. The third-order valence-corrected chi connectivity index (χ3v) is 5.53. The first-order valence-electron chi connectivity index (χ1n) is 10.8. The number of primary amides is 1. The number of amides is 1. The number of alkyl halides is 2. The topological polar surface area (TPSA) is 128 Å². The number of nitrogens with zero attached hydrogens (tertiary/aromatic N) is 4. The van der Waals surface area contributed by atoms with Gasteiger partial charge in [0.05, 0.1) is 19.4 Å². The van der Waals surface area contributed by atoms with E-state index in [1.165, 1.54) is 11.1 Å². The zero-order valence-corrected chi connectivity index (χ0v) is 19.2. The molecule has 35 heavy (non-hydrogen) atoms. The van der Waals surface area contributed by atoms with E-state index < -0.39 is 12.5 Å². The molecule has 2 aromatic carbocycles. The molecule has 10 nitrogen and oxygen atoms in total. The predicted molar refractivity (Wildman–Crippen MR) is 125 cm³/mol. The van der Waals surface area contributed by atoms with Gasteiger partial charge in [0.25, 0.3) is 5.91 Å². The van der Waals surface area contributed by atoms with Crippen molar-refractivity contribution in [2.45, 2.75) is 26.2 Å². The second-order valence-corrected chi connectivity index (χ2v) is 7.98. The first-order chi connectivity index (χ1) is 16.8. The molecule has 184 valence electrons. The second kappa shape index (κ2) is 10.6. The molecule has 0 saturated carbocycles. The molecular formula is C23H25F2N7O3. The fourth-order valence-electron chi connectivity index (χ4n) is 3.80. The number of nitrogens with one attached hydrogen (secondary N) is 2. The molecule has 1 aliphatic rings. The maximum absolute atomic E-state index is 12.5. The highest BCUT2D eigenvalue weighted by Crippen LogP contribution is 2.33. The van der Waals surface area contributed by atoms with E-state index >= 15 is 0 Å². The van der Waals surface area contributed by atoms with Gasteiger partial charge in [-0.05, 0) is 42.8 Å². The fourth-order valence-corrected chi connectivity index (χ4v) is 3.80. The Morgan fingerprint density at radius 1 is 1.17 bits per heavy atom. The number of para-hydroxylation sites is 1. The van der Waals surface area contributed by atoms with E-state index in [-0.39, 0.29) is 24.1 Å². The number of methoxy groups -OCH3 is 1. The van der Waals surface area contributed by atoms with Crippen molar-refractivity contribution >= 4 is 29.0 Å². The SMILES string of the molecule is COc1cc2c(cc1Nc1nnc(C(N)=O)c(Nc3ccccc3COC(F)F)n1)CCN(C)C2. The van der Waals surface area contributed by atoms with Gasteiger partial charge in [0.15, 0.2) is 11.5 Å². The minimum Gasteiger partial charge on any atom is -0.495 e. The van der Waals surface area contributed by atoms with E-state index in [2.05, 4.69) is 42.5 Å². The monoisotopic (exact) mass is 485 g/mol. The molecule has 3 aromatic rings. The maximum atomic E-state index is 12.5. The zero-order valence-electron chi connectivity index (χ0n) is 19.2. The van der Waals surface area contributed by atoms with Gasteiger partial charge < -0.3 is 30.7 Å². The van der Waals surface area contributed by atoms with Crippen LogP contribution in [-0.4, -0.2) is 53.3 Å². The van der Waals surface area contributed by atoms with Crippen molar-refractivity contribution in [2.75, 3.05) is 31.3 Å². The molecule has 0 radical (unpaired) electrons. The Labute approximate surface area is 200 Å². The van der Waals surface area contributed by atoms with Crippen LogP contribution in [0.15, 0.2) is 36.4 Å². The predicted octanol–water partition coefficient (Wildman–Crippen LogP) is 3.19. The molecule has 1 amide bonds. The van der Waals surface area contributed by atoms with Crippen molar-refractivity contribution in [2.24, 2.45) is 5.73 Å². The van der Waals surface area contributed by atoms with Crippen LogP contribution in [0.4, 0.5) is 31.9 Å². The van der Waals surface area contributed by atoms with Crippen molar-refractivity contribution < 1.29 is 23.0 Å². The summed E-state index contributed by atoms with van der Waals surface area (Å²) in [6, 6.07) is 10.6. The number of aromatic nitrogens is 3. The number of halogens is 2. The number of nitrogens with two attached hydrogens (primary N) is 1. The summed E-state index contributed by atoms with van der Waals surface area (Å²) >= 11 is 0. The Bertz CT molecular complexity index is 1230. The summed E-state index contributed by atoms with van der Waals surface area (Å²) in [6.07, 6.45) is 0.883. The molecule has 0 saturated heterocycles. The third kappa shape index (κ3) is 5.78. The number of carbonyl (C=O) groups excluding carboxylic acids is 1. The van der Waals surface area contributed by atoms with E-state index in [0.717, 1.165) is 19.5 Å². The molecule has 0 unspecified atom stereocenters. The van der Waals surface area contributed by atoms with Crippen LogP contribution in [0.5, 0.6) is 5.75 Å². The Balaban J connectivity index is 1.64. The summed E-state index contributed by atoms with van der Waals surface area (Å²) in [5.41, 5.74) is 9.07. The second-order valence-electron chi connectivity index (χ2n) is 7.98. The van der Waals surface area contributed by atoms with Gasteiger partial charge in [0.2, 0.25) is 5.95 Å². The number of anilines is 4. The lowest BCUT2D eigenvalue weighted by Crippen LogP contribution is -2.26. The highest BCUT2D eigenvalue weighted by Gasteiger charge is 2.20. The van der Waals surface area contributed by atoms with Crippen LogP contribution in [0.2, 0.25) is 0 Å². The van der Waals surface area contributed by atoms with Crippen LogP contribution >= 0.6 is 0 Å². The van der Waals surface area contributed by atoms with Gasteiger partial charge in [-0.25, -0.2) is 0 Å². The number of hydrogen-bond donors (Lipinski definition) is 3. The first kappa shape index (κ1) is 24.2. The third-order valence-electron chi connectivity index (χ3n) is 5.53. The van der Waals surface area contributed by atoms with Gasteiger partial charge in [-0.1, -0.05) is 18.2 Å². The Morgan fingerprint density at radius 2 is 1.97 bits per heavy atom. The Morgan fingerprint density at radius 3 is 2.71 bits per heavy atom. The lowest BCUT2D eigenvalue weighted by Gasteiger charge is -2.26. The fraction of sp³-hybridized carbons (Fsp3) is 0.304. The van der Waals surface area contributed by atoms with E-state index in [1.54, 1.807) is 31.4 Å². The molecule has 0 spiro atoms. The van der Waals surface area contributed by atoms with Gasteiger partial charge in [0, 0.05) is 24.3 Å². The van der Waals surface area contributed by atoms with E-state index in [1.807, 2.05) is 12.1 Å². The van der Waals surface area contributed by atoms with Crippen LogP contribution in [-0.2, 0) is 24.3 Å². The lowest BCUT2D eigenvalue weighted by atomic mass is 9.99. The van der Waals surface area contributed by atoms with Crippen LogP contribution in [0.1, 0.15) is 27.2 Å². The van der Waals surface area contributed by atoms with Crippen molar-refractivity contribution in [3.05, 3.63) is 58.8 Å². The molecule has 1 aliphatic heterocycles. The summed E-state index contributed by atoms with van der Waals surface area (Å²) in [7, 11) is 3.63. The minimum atomic E-state index is -2.92. The first-order valence-corrected chi connectivity index (χ1v) is 10.8. The quantitative estimate of drug-likeness (QED) is 0.419. The van der Waals surface area contributed by atoms with Crippen LogP contribution in [0.3, 0.4) is 0 Å². The summed E-state index contributed by atoms with van der Waals surface area (Å²) in [5.74, 6) is -0.149. The maximum Gasteiger partial charge on any atom is 0.345 e. The van der Waals surface area contributed by atoms with Gasteiger partial charge in [-0.3, -0.25) is 4.79 Å². The highest BCUT2D eigenvalue weighted by atomic mass is 19.3. The molecule has 4 rings (SSSR count). The standard InChI is InChI=1S/C23H25F2N7O3/c1-32-8-7-13-9-17(18(34-2)10-15(13)11-32)28-23-29-21(19(20(26)33)30-31-23)27-16-6-4-3-5-14(16)12-35-22(24)25/h3-6,9-10,22H,7-8,11-12H2,1-2H3,(H2,26,33)(H2,27,28,29,31). The summed E-state index contributed by atoms with van der Waals surface area (Å²) in [6.45, 7) is -1.52. The van der Waals surface area contributed by atoms with Crippen LogP contribution in [0.25, 0.3) is 0 Å². The highest BCUT2D eigenvalue weighted by molar-refractivity contribution is 5.96. The van der Waals surface area contributed by atoms with Crippen LogP contribution < -0.4 is 21.1 Å². The van der Waals surface area contributed by atoms with Gasteiger partial charge in [0.1, 0.15) is 5.75 Å². The summed E-state index contributed by atoms with van der Waals surface area (Å²) < 4.78 is 35.0. The van der Waals surface area contributed by atoms with E-state index in [0.29, 0.717) is 22.7 Å². The number of likely N-dealkylation sites (N-methyl/N-ethyl adjacent to an activating group) is 1. The number of benzene rings is 2. The summed E-state index contributed by atoms with van der Waals surface area (Å²) in [5, 5.41) is 13.9. The van der Waals surface area contributed by atoms with Crippen LogP contribution in [0, 0.1) is 0 Å². The number of carbonyl (C=O) groups is 1. The van der Waals surface area contributed by atoms with E-state index in [4.69, 9.17) is 10.5 Å². The molecule has 12 heteroatoms. The number of rotatable bonds is 9. The molecule has 2 heterocycles. The molecule has 1 aromatic heterocycles. The van der Waals surface area contributed by atoms with Gasteiger partial charge >= 0.3 is 6.61 Å². The number of ether oxygens (including phenoxy) is 2. The smallest absolute Gasteiger partial charge is 0.345 e. The molecular weight excluding hydrogens is 460 g/mol. The van der Waals surface area contributed by atoms with Crippen molar-refractivity contribution in [1.29, 1.82) is 0 Å². The molecule has 0 fully saturated rings. The number of fused-ring (bicyclic) bond motifs is 1. The summed E-state index contributed by atoms with van der Waals surface area (Å²) in [4.78, 5) is 18.5. The van der Waals surface area contributed by atoms with Gasteiger partial charge in [-0.2, -0.15) is 13.8 Å². The largest absolute Gasteiger partial charge is 0.495 e. The average molecular weight is 485 g/mol.